The first-order chi connectivity index (χ1) is 17.8. The van der Waals surface area contributed by atoms with Gasteiger partial charge in [0.05, 0.1) is 18.3 Å². The van der Waals surface area contributed by atoms with Crippen LogP contribution in [0.25, 0.3) is 11.0 Å². The van der Waals surface area contributed by atoms with Gasteiger partial charge >= 0.3 is 0 Å². The highest BCUT2D eigenvalue weighted by molar-refractivity contribution is 9.10. The topological polar surface area (TPSA) is 73.0 Å². The lowest BCUT2D eigenvalue weighted by Crippen LogP contribution is -2.34. The van der Waals surface area contributed by atoms with Gasteiger partial charge in [0, 0.05) is 23.6 Å². The minimum Gasteiger partial charge on any atom is -0.298 e. The lowest BCUT2D eigenvalue weighted by Gasteiger charge is -2.28. The van der Waals surface area contributed by atoms with E-state index in [1.54, 1.807) is 16.8 Å². The van der Waals surface area contributed by atoms with Crippen LogP contribution >= 0.6 is 15.9 Å². The lowest BCUT2D eigenvalue weighted by molar-refractivity contribution is 0.112. The van der Waals surface area contributed by atoms with Gasteiger partial charge in [0.1, 0.15) is 17.5 Å². The first kappa shape index (κ1) is 28.2. The Balaban J connectivity index is 0.000000356. The zero-order valence-electron chi connectivity index (χ0n) is 21.9. The molecular weight excluding hydrogens is 530 g/mol. The van der Waals surface area contributed by atoms with Crippen molar-refractivity contribution in [3.05, 3.63) is 105 Å². The van der Waals surface area contributed by atoms with Gasteiger partial charge in [0.15, 0.2) is 5.65 Å². The second kappa shape index (κ2) is 13.3. The molecule has 0 amide bonds. The van der Waals surface area contributed by atoms with E-state index in [1.807, 2.05) is 67.1 Å². The van der Waals surface area contributed by atoms with Crippen LogP contribution in [0.5, 0.6) is 0 Å². The smallest absolute Gasteiger partial charge is 0.265 e. The Morgan fingerprint density at radius 2 is 1.81 bits per heavy atom. The number of rotatable bonds is 9. The van der Waals surface area contributed by atoms with Crippen molar-refractivity contribution in [1.29, 1.82) is 0 Å². The normalized spacial score (nSPS) is 11.7. The lowest BCUT2D eigenvalue weighted by atomic mass is 10.1. The third-order valence-electron chi connectivity index (χ3n) is 6.24. The number of carbonyl (C=O) groups excluding carboxylic acids is 1. The van der Waals surface area contributed by atoms with Crippen molar-refractivity contribution in [3.63, 3.8) is 0 Å². The van der Waals surface area contributed by atoms with Gasteiger partial charge in [-0.05, 0) is 44.5 Å². The molecule has 0 aliphatic carbocycles. The summed E-state index contributed by atoms with van der Waals surface area (Å²) in [5.41, 5.74) is 3.13. The summed E-state index contributed by atoms with van der Waals surface area (Å²) in [6.07, 6.45) is 4.49. The monoisotopic (exact) mass is 563 g/mol. The van der Waals surface area contributed by atoms with Crippen molar-refractivity contribution in [2.24, 2.45) is 7.05 Å². The number of halogens is 1. The molecule has 2 heterocycles. The number of aromatic nitrogens is 4. The van der Waals surface area contributed by atoms with Crippen LogP contribution in [-0.4, -0.2) is 44.1 Å². The molecule has 1 unspecified atom stereocenters. The third-order valence-corrected chi connectivity index (χ3v) is 6.77. The SMILES string of the molecule is C=CCCN(C)C(CC)c1nc2c(c(C)nn2C)c(=O)n1Cc1ccccc1.O=Cc1ccc(Br)cc1. The fourth-order valence-corrected chi connectivity index (χ4v) is 4.55. The summed E-state index contributed by atoms with van der Waals surface area (Å²) in [5.74, 6) is 0.790. The zero-order chi connectivity index (χ0) is 26.9. The number of aryl methyl sites for hydroxylation is 2. The molecule has 2 aromatic heterocycles. The van der Waals surface area contributed by atoms with Gasteiger partial charge < -0.3 is 0 Å². The summed E-state index contributed by atoms with van der Waals surface area (Å²) in [5, 5.41) is 5.04. The van der Waals surface area contributed by atoms with E-state index in [1.165, 1.54) is 0 Å². The molecular formula is C29H34BrN5O2. The average Bonchev–Trinajstić information content (AvgIpc) is 3.19. The minimum absolute atomic E-state index is 0.0231. The standard InChI is InChI=1S/C22H29N5O.C7H5BrO/c1-6-8-14-25(4)18(7-2)20-23-21-19(16(3)24-26(21)5)22(28)27(20)15-17-12-10-9-11-13-17;8-7-3-1-6(5-9)2-4-7/h6,9-13,18H,1,7-8,14-15H2,2-5H3;1-5H. The number of hydrogen-bond donors (Lipinski definition) is 0. The van der Waals surface area contributed by atoms with Gasteiger partial charge in [-0.15, -0.1) is 6.58 Å². The van der Waals surface area contributed by atoms with Crippen LogP contribution in [0.3, 0.4) is 0 Å². The molecule has 0 N–H and O–H groups in total. The molecule has 0 saturated carbocycles. The van der Waals surface area contributed by atoms with E-state index < -0.39 is 0 Å². The number of benzene rings is 2. The maximum atomic E-state index is 13.5. The predicted octanol–water partition coefficient (Wildman–Crippen LogP) is 5.71. The van der Waals surface area contributed by atoms with Crippen LogP contribution in [0.2, 0.25) is 0 Å². The number of carbonyl (C=O) groups is 1. The molecule has 0 bridgehead atoms. The summed E-state index contributed by atoms with van der Waals surface area (Å²) in [6.45, 7) is 9.19. The highest BCUT2D eigenvalue weighted by Gasteiger charge is 2.24. The summed E-state index contributed by atoms with van der Waals surface area (Å²) < 4.78 is 4.53. The van der Waals surface area contributed by atoms with Gasteiger partial charge in [-0.25, -0.2) is 9.67 Å². The van der Waals surface area contributed by atoms with Gasteiger partial charge in [-0.3, -0.25) is 19.1 Å². The molecule has 7 nitrogen and oxygen atoms in total. The largest absolute Gasteiger partial charge is 0.298 e. The fraction of sp³-hybridized carbons (Fsp3) is 0.310. The minimum atomic E-state index is -0.0231. The summed E-state index contributed by atoms with van der Waals surface area (Å²) >= 11 is 3.26. The maximum absolute atomic E-state index is 13.5. The summed E-state index contributed by atoms with van der Waals surface area (Å²) in [4.78, 5) is 30.8. The predicted molar refractivity (Wildman–Crippen MR) is 153 cm³/mol. The van der Waals surface area contributed by atoms with Crippen LogP contribution in [-0.2, 0) is 13.6 Å². The van der Waals surface area contributed by atoms with E-state index in [2.05, 4.69) is 46.5 Å². The molecule has 8 heteroatoms. The first-order valence-corrected chi connectivity index (χ1v) is 13.1. The Hall–Kier alpha value is -3.36. The van der Waals surface area contributed by atoms with Gasteiger partial charge in [-0.1, -0.05) is 71.4 Å². The molecule has 0 saturated heterocycles. The Morgan fingerprint density at radius 3 is 2.41 bits per heavy atom. The molecule has 1 atom stereocenters. The van der Waals surface area contributed by atoms with Crippen molar-refractivity contribution < 1.29 is 4.79 Å². The third kappa shape index (κ3) is 6.90. The van der Waals surface area contributed by atoms with Crippen LogP contribution in [0.4, 0.5) is 0 Å². The van der Waals surface area contributed by atoms with Crippen LogP contribution < -0.4 is 5.56 Å². The van der Waals surface area contributed by atoms with Gasteiger partial charge in [-0.2, -0.15) is 5.10 Å². The molecule has 37 heavy (non-hydrogen) atoms. The molecule has 4 rings (SSSR count). The highest BCUT2D eigenvalue weighted by atomic mass is 79.9. The number of fused-ring (bicyclic) bond motifs is 1. The Labute approximate surface area is 226 Å². The first-order valence-electron chi connectivity index (χ1n) is 12.3. The maximum Gasteiger partial charge on any atom is 0.265 e. The van der Waals surface area contributed by atoms with E-state index in [0.29, 0.717) is 23.1 Å². The van der Waals surface area contributed by atoms with Crippen LogP contribution in [0, 0.1) is 6.92 Å². The Morgan fingerprint density at radius 1 is 1.14 bits per heavy atom. The Bertz CT molecular complexity index is 1390. The van der Waals surface area contributed by atoms with E-state index in [0.717, 1.165) is 47.2 Å². The van der Waals surface area contributed by atoms with E-state index in [-0.39, 0.29) is 11.6 Å². The number of nitrogens with zero attached hydrogens (tertiary/aromatic N) is 5. The second-order valence-electron chi connectivity index (χ2n) is 8.91. The molecule has 2 aromatic carbocycles. The molecule has 0 aliphatic rings. The summed E-state index contributed by atoms with van der Waals surface area (Å²) in [6, 6.07) is 17.3. The number of hydrogen-bond acceptors (Lipinski definition) is 5. The fourth-order valence-electron chi connectivity index (χ4n) is 4.29. The van der Waals surface area contributed by atoms with E-state index in [9.17, 15) is 9.59 Å². The molecule has 0 radical (unpaired) electrons. The van der Waals surface area contributed by atoms with Crippen molar-refractivity contribution in [1.82, 2.24) is 24.2 Å². The van der Waals surface area contributed by atoms with Crippen molar-refractivity contribution in [3.8, 4) is 0 Å². The second-order valence-corrected chi connectivity index (χ2v) is 9.82. The van der Waals surface area contributed by atoms with Gasteiger partial charge in [0.25, 0.3) is 5.56 Å². The quantitative estimate of drug-likeness (QED) is 0.193. The molecule has 0 aliphatic heterocycles. The van der Waals surface area contributed by atoms with Crippen molar-refractivity contribution in [2.45, 2.75) is 39.3 Å². The summed E-state index contributed by atoms with van der Waals surface area (Å²) in [7, 11) is 3.92. The van der Waals surface area contributed by atoms with E-state index >= 15 is 0 Å². The molecule has 0 fully saturated rings. The molecule has 4 aromatic rings. The molecule has 0 spiro atoms. The highest BCUT2D eigenvalue weighted by Crippen LogP contribution is 2.24. The van der Waals surface area contributed by atoms with E-state index in [4.69, 9.17) is 4.98 Å². The zero-order valence-corrected chi connectivity index (χ0v) is 23.5. The van der Waals surface area contributed by atoms with Crippen molar-refractivity contribution in [2.75, 3.05) is 13.6 Å². The van der Waals surface area contributed by atoms with Crippen LogP contribution in [0.1, 0.15) is 53.2 Å². The average molecular weight is 565 g/mol. The molecule has 194 valence electrons. The van der Waals surface area contributed by atoms with Crippen molar-refractivity contribution >= 4 is 33.2 Å². The van der Waals surface area contributed by atoms with Gasteiger partial charge in [0.2, 0.25) is 0 Å². The number of aldehydes is 1. The van der Waals surface area contributed by atoms with Crippen LogP contribution in [0.15, 0.2) is 76.5 Å². The Kier molecular flexibility index (Phi) is 10.1.